The molecule has 1 aromatic carbocycles. The number of likely N-dealkylation sites (N-methyl/N-ethyl adjacent to an activating group) is 1. The molecule has 0 radical (unpaired) electrons. The molecule has 0 amide bonds. The molecule has 108 valence electrons. The predicted octanol–water partition coefficient (Wildman–Crippen LogP) is 1.99. The summed E-state index contributed by atoms with van der Waals surface area (Å²) >= 11 is 0. The minimum absolute atomic E-state index is 0.0846. The highest BCUT2D eigenvalue weighted by Crippen LogP contribution is 2.33. The van der Waals surface area contributed by atoms with Crippen molar-refractivity contribution in [1.29, 1.82) is 0 Å². The van der Waals surface area contributed by atoms with Crippen LogP contribution in [-0.2, 0) is 4.74 Å². The normalized spacial score (nSPS) is 30.0. The van der Waals surface area contributed by atoms with Gasteiger partial charge in [0.2, 0.25) is 0 Å². The van der Waals surface area contributed by atoms with Crippen molar-refractivity contribution in [1.82, 2.24) is 4.90 Å². The minimum Gasteiger partial charge on any atom is -0.496 e. The number of methoxy groups -OCH3 is 1. The van der Waals surface area contributed by atoms with Crippen LogP contribution >= 0.6 is 0 Å². The van der Waals surface area contributed by atoms with E-state index >= 15 is 0 Å². The van der Waals surface area contributed by atoms with Gasteiger partial charge in [-0.1, -0.05) is 12.1 Å². The lowest BCUT2D eigenvalue weighted by molar-refractivity contribution is -0.0702. The van der Waals surface area contributed by atoms with E-state index in [4.69, 9.17) is 9.47 Å². The Kier molecular flexibility index (Phi) is 3.76. The average Bonchev–Trinajstić information content (AvgIpc) is 2.46. The minimum atomic E-state index is 0.0846. The van der Waals surface area contributed by atoms with Gasteiger partial charge in [-0.3, -0.25) is 9.69 Å². The number of Topliss-reactive ketones (excluding diaryl/α,β-unsaturated/α-hetero) is 1. The van der Waals surface area contributed by atoms with Gasteiger partial charge in [0.15, 0.2) is 5.78 Å². The van der Waals surface area contributed by atoms with Gasteiger partial charge in [0.1, 0.15) is 5.75 Å². The van der Waals surface area contributed by atoms with Crippen LogP contribution in [0.2, 0.25) is 0 Å². The maximum atomic E-state index is 12.8. The summed E-state index contributed by atoms with van der Waals surface area (Å²) in [6, 6.07) is 8.25. The zero-order valence-corrected chi connectivity index (χ0v) is 12.0. The summed E-state index contributed by atoms with van der Waals surface area (Å²) in [5.41, 5.74) is 0.712. The molecule has 2 fully saturated rings. The Balaban J connectivity index is 1.81. The molecule has 2 aliphatic heterocycles. The number of benzene rings is 1. The second-order valence-corrected chi connectivity index (χ2v) is 5.74. The number of para-hydroxylation sites is 1. The van der Waals surface area contributed by atoms with Crippen LogP contribution in [0.25, 0.3) is 0 Å². The maximum Gasteiger partial charge on any atom is 0.169 e. The molecule has 2 unspecified atom stereocenters. The number of hydrogen-bond donors (Lipinski definition) is 0. The predicted molar refractivity (Wildman–Crippen MR) is 76.2 cm³/mol. The summed E-state index contributed by atoms with van der Waals surface area (Å²) in [7, 11) is 3.75. The Morgan fingerprint density at radius 1 is 1.25 bits per heavy atom. The van der Waals surface area contributed by atoms with Crippen LogP contribution in [0.1, 0.15) is 23.2 Å². The molecule has 2 aliphatic rings. The van der Waals surface area contributed by atoms with E-state index in [0.717, 1.165) is 26.1 Å². The number of morpholine rings is 1. The van der Waals surface area contributed by atoms with Crippen molar-refractivity contribution in [2.75, 3.05) is 27.4 Å². The van der Waals surface area contributed by atoms with E-state index in [1.165, 1.54) is 0 Å². The zero-order chi connectivity index (χ0) is 14.1. The van der Waals surface area contributed by atoms with E-state index in [1.54, 1.807) is 7.11 Å². The van der Waals surface area contributed by atoms with Crippen LogP contribution in [0, 0.1) is 5.92 Å². The molecule has 2 atom stereocenters. The number of fused-ring (bicyclic) bond motifs is 2. The third-order valence-corrected chi connectivity index (χ3v) is 4.63. The lowest BCUT2D eigenvalue weighted by atomic mass is 9.81. The van der Waals surface area contributed by atoms with Crippen LogP contribution in [0.4, 0.5) is 0 Å². The van der Waals surface area contributed by atoms with Gasteiger partial charge in [-0.2, -0.15) is 0 Å². The van der Waals surface area contributed by atoms with Gasteiger partial charge in [0.05, 0.1) is 25.9 Å². The Labute approximate surface area is 119 Å². The summed E-state index contributed by atoms with van der Waals surface area (Å²) in [6.45, 7) is 1.48. The molecule has 0 N–H and O–H groups in total. The highest BCUT2D eigenvalue weighted by atomic mass is 16.5. The van der Waals surface area contributed by atoms with Crippen molar-refractivity contribution >= 4 is 5.78 Å². The van der Waals surface area contributed by atoms with Crippen molar-refractivity contribution in [3.63, 3.8) is 0 Å². The summed E-state index contributed by atoms with van der Waals surface area (Å²) in [6.07, 6.45) is 1.76. The van der Waals surface area contributed by atoms with Gasteiger partial charge < -0.3 is 9.47 Å². The Morgan fingerprint density at radius 2 is 1.90 bits per heavy atom. The second-order valence-electron chi connectivity index (χ2n) is 5.74. The molecule has 2 saturated heterocycles. The number of hydrogen-bond acceptors (Lipinski definition) is 4. The molecule has 0 aromatic heterocycles. The van der Waals surface area contributed by atoms with Gasteiger partial charge in [0, 0.05) is 18.0 Å². The van der Waals surface area contributed by atoms with E-state index in [0.29, 0.717) is 23.4 Å². The van der Waals surface area contributed by atoms with Crippen molar-refractivity contribution < 1.29 is 14.3 Å². The summed E-state index contributed by atoms with van der Waals surface area (Å²) in [4.78, 5) is 15.1. The molecule has 3 rings (SSSR count). The standard InChI is InChI=1S/C16H21NO3/c1-17-12-7-11(8-13(17)10-20-9-12)16(18)14-5-3-4-6-15(14)19-2/h3-6,11-13H,7-10H2,1-2H3. The number of piperidine rings is 1. The van der Waals surface area contributed by atoms with Crippen LogP contribution < -0.4 is 4.74 Å². The topological polar surface area (TPSA) is 38.8 Å². The van der Waals surface area contributed by atoms with Crippen LogP contribution in [0.5, 0.6) is 5.75 Å². The van der Waals surface area contributed by atoms with Crippen LogP contribution in [0.15, 0.2) is 24.3 Å². The summed E-state index contributed by atoms with van der Waals surface area (Å²) in [5.74, 6) is 0.978. The Morgan fingerprint density at radius 3 is 2.55 bits per heavy atom. The largest absolute Gasteiger partial charge is 0.496 e. The fourth-order valence-corrected chi connectivity index (χ4v) is 3.38. The summed E-state index contributed by atoms with van der Waals surface area (Å²) < 4.78 is 10.9. The number of ether oxygens (including phenoxy) is 2. The molecular weight excluding hydrogens is 254 g/mol. The van der Waals surface area contributed by atoms with Crippen molar-refractivity contribution in [3.8, 4) is 5.75 Å². The smallest absolute Gasteiger partial charge is 0.169 e. The number of rotatable bonds is 3. The van der Waals surface area contributed by atoms with E-state index in [-0.39, 0.29) is 11.7 Å². The molecular formula is C16H21NO3. The molecule has 2 bridgehead atoms. The molecule has 2 heterocycles. The summed E-state index contributed by atoms with van der Waals surface area (Å²) in [5, 5.41) is 0. The van der Waals surface area contributed by atoms with Crippen molar-refractivity contribution in [2.45, 2.75) is 24.9 Å². The van der Waals surface area contributed by atoms with E-state index < -0.39 is 0 Å². The molecule has 1 aromatic rings. The van der Waals surface area contributed by atoms with E-state index in [1.807, 2.05) is 24.3 Å². The van der Waals surface area contributed by atoms with Gasteiger partial charge in [-0.15, -0.1) is 0 Å². The Bertz CT molecular complexity index is 488. The van der Waals surface area contributed by atoms with Crippen LogP contribution in [-0.4, -0.2) is 50.1 Å². The molecule has 0 saturated carbocycles. The molecule has 4 nitrogen and oxygen atoms in total. The maximum absolute atomic E-state index is 12.8. The lowest BCUT2D eigenvalue weighted by Crippen LogP contribution is -2.55. The van der Waals surface area contributed by atoms with E-state index in [2.05, 4.69) is 11.9 Å². The first-order valence-electron chi connectivity index (χ1n) is 7.17. The molecule has 4 heteroatoms. The highest BCUT2D eigenvalue weighted by molar-refractivity contribution is 6.00. The fourth-order valence-electron chi connectivity index (χ4n) is 3.38. The quantitative estimate of drug-likeness (QED) is 0.791. The van der Waals surface area contributed by atoms with E-state index in [9.17, 15) is 4.79 Å². The third kappa shape index (κ3) is 2.34. The van der Waals surface area contributed by atoms with Crippen molar-refractivity contribution in [3.05, 3.63) is 29.8 Å². The highest BCUT2D eigenvalue weighted by Gasteiger charge is 2.39. The average molecular weight is 275 g/mol. The first-order valence-corrected chi connectivity index (χ1v) is 7.17. The first-order chi connectivity index (χ1) is 9.70. The SMILES string of the molecule is COc1ccccc1C(=O)C1CC2COCC(C1)N2C. The van der Waals surface area contributed by atoms with Crippen molar-refractivity contribution in [2.24, 2.45) is 5.92 Å². The first kappa shape index (κ1) is 13.6. The van der Waals surface area contributed by atoms with Crippen LogP contribution in [0.3, 0.4) is 0 Å². The lowest BCUT2D eigenvalue weighted by Gasteiger charge is -2.46. The number of carbonyl (C=O) groups excluding carboxylic acids is 1. The monoisotopic (exact) mass is 275 g/mol. The number of ketones is 1. The molecule has 20 heavy (non-hydrogen) atoms. The molecule has 0 aliphatic carbocycles. The fraction of sp³-hybridized carbons (Fsp3) is 0.562. The van der Waals surface area contributed by atoms with Gasteiger partial charge in [-0.05, 0) is 32.0 Å². The number of nitrogens with zero attached hydrogens (tertiary/aromatic N) is 1. The zero-order valence-electron chi connectivity index (χ0n) is 12.0. The molecule has 0 spiro atoms. The number of carbonyl (C=O) groups is 1. The van der Waals surface area contributed by atoms with Gasteiger partial charge in [0.25, 0.3) is 0 Å². The third-order valence-electron chi connectivity index (χ3n) is 4.63. The van der Waals surface area contributed by atoms with Gasteiger partial charge >= 0.3 is 0 Å². The van der Waals surface area contributed by atoms with Gasteiger partial charge in [-0.25, -0.2) is 0 Å². The second kappa shape index (κ2) is 5.54. The Hall–Kier alpha value is -1.39.